The molecule has 0 saturated carbocycles. The van der Waals surface area contributed by atoms with Crippen LogP contribution < -0.4 is 5.32 Å². The number of carbonyl (C=O) groups is 1. The van der Waals surface area contributed by atoms with Crippen LogP contribution in [0.2, 0.25) is 0 Å². The van der Waals surface area contributed by atoms with Gasteiger partial charge in [0, 0.05) is 13.2 Å². The molecule has 7 heteroatoms. The maximum atomic E-state index is 12.4. The predicted octanol–water partition coefficient (Wildman–Crippen LogP) is 1.49. The molecule has 0 aliphatic carbocycles. The third-order valence-corrected chi connectivity index (χ3v) is 2.16. The Morgan fingerprint density at radius 1 is 1.62 bits per heavy atom. The lowest BCUT2D eigenvalue weighted by Crippen LogP contribution is -2.45. The molecule has 0 aliphatic rings. The van der Waals surface area contributed by atoms with Gasteiger partial charge in [-0.05, 0) is 12.5 Å². The SMILES string of the molecule is CC[C@@H](NC(=O)c1ccnn1C)C(F)(F)F. The normalized spacial score (nSPS) is 13.6. The van der Waals surface area contributed by atoms with Crippen LogP contribution in [0.1, 0.15) is 23.8 Å². The van der Waals surface area contributed by atoms with Gasteiger partial charge in [0.05, 0.1) is 0 Å². The average Bonchev–Trinajstić information content (AvgIpc) is 2.58. The molecule has 1 heterocycles. The highest BCUT2D eigenvalue weighted by atomic mass is 19.4. The van der Waals surface area contributed by atoms with Crippen LogP contribution in [0.15, 0.2) is 12.3 Å². The third kappa shape index (κ3) is 2.74. The summed E-state index contributed by atoms with van der Waals surface area (Å²) in [5, 5.41) is 5.63. The number of carbonyl (C=O) groups excluding carboxylic acids is 1. The van der Waals surface area contributed by atoms with Crippen molar-refractivity contribution in [2.24, 2.45) is 7.05 Å². The number of hydrogen-bond acceptors (Lipinski definition) is 2. The fourth-order valence-electron chi connectivity index (χ4n) is 1.24. The molecular weight excluding hydrogens is 223 g/mol. The lowest BCUT2D eigenvalue weighted by Gasteiger charge is -2.19. The molecule has 0 unspecified atom stereocenters. The van der Waals surface area contributed by atoms with Crippen molar-refractivity contribution in [3.8, 4) is 0 Å². The van der Waals surface area contributed by atoms with Crippen molar-refractivity contribution in [3.05, 3.63) is 18.0 Å². The van der Waals surface area contributed by atoms with Crippen molar-refractivity contribution >= 4 is 5.91 Å². The van der Waals surface area contributed by atoms with Crippen molar-refractivity contribution in [2.45, 2.75) is 25.6 Å². The van der Waals surface area contributed by atoms with Gasteiger partial charge in [-0.15, -0.1) is 0 Å². The zero-order valence-corrected chi connectivity index (χ0v) is 8.88. The maximum absolute atomic E-state index is 12.4. The molecule has 1 N–H and O–H groups in total. The monoisotopic (exact) mass is 235 g/mol. The first-order chi connectivity index (χ1) is 7.36. The first kappa shape index (κ1) is 12.5. The summed E-state index contributed by atoms with van der Waals surface area (Å²) < 4.78 is 38.4. The molecule has 0 fully saturated rings. The van der Waals surface area contributed by atoms with E-state index in [1.165, 1.54) is 30.9 Å². The lowest BCUT2D eigenvalue weighted by molar-refractivity contribution is -0.153. The first-order valence-electron chi connectivity index (χ1n) is 4.71. The second kappa shape index (κ2) is 4.54. The molecule has 90 valence electrons. The molecule has 1 rings (SSSR count). The van der Waals surface area contributed by atoms with Crippen LogP contribution in [-0.4, -0.2) is 27.9 Å². The number of nitrogens with one attached hydrogen (secondary N) is 1. The zero-order chi connectivity index (χ0) is 12.3. The standard InChI is InChI=1S/C9H12F3N3O/c1-3-7(9(10,11)12)14-8(16)6-4-5-13-15(6)2/h4-5,7H,3H2,1-2H3,(H,14,16)/t7-/m1/s1. The van der Waals surface area contributed by atoms with Gasteiger partial charge in [0.1, 0.15) is 11.7 Å². The van der Waals surface area contributed by atoms with Gasteiger partial charge in [-0.1, -0.05) is 6.92 Å². The number of amides is 1. The number of rotatable bonds is 3. The number of aromatic nitrogens is 2. The molecule has 1 atom stereocenters. The summed E-state index contributed by atoms with van der Waals surface area (Å²) in [5.74, 6) is -0.774. The molecule has 4 nitrogen and oxygen atoms in total. The largest absolute Gasteiger partial charge is 0.408 e. The number of nitrogens with zero attached hydrogens (tertiary/aromatic N) is 2. The van der Waals surface area contributed by atoms with Crippen LogP contribution in [0.25, 0.3) is 0 Å². The Balaban J connectivity index is 2.74. The summed E-state index contributed by atoms with van der Waals surface area (Å²) >= 11 is 0. The van der Waals surface area contributed by atoms with Crippen LogP contribution in [0.3, 0.4) is 0 Å². The van der Waals surface area contributed by atoms with Gasteiger partial charge in [0.2, 0.25) is 0 Å². The molecule has 0 saturated heterocycles. The molecule has 0 radical (unpaired) electrons. The minimum Gasteiger partial charge on any atom is -0.339 e. The van der Waals surface area contributed by atoms with Crippen molar-refractivity contribution < 1.29 is 18.0 Å². The molecule has 0 spiro atoms. The molecule has 0 aliphatic heterocycles. The van der Waals surface area contributed by atoms with Crippen LogP contribution in [0.5, 0.6) is 0 Å². The molecule has 0 aromatic carbocycles. The van der Waals surface area contributed by atoms with Gasteiger partial charge in [0.25, 0.3) is 5.91 Å². The topological polar surface area (TPSA) is 46.9 Å². The van der Waals surface area contributed by atoms with Gasteiger partial charge < -0.3 is 5.32 Å². The Morgan fingerprint density at radius 3 is 2.62 bits per heavy atom. The zero-order valence-electron chi connectivity index (χ0n) is 8.88. The Hall–Kier alpha value is -1.53. The highest BCUT2D eigenvalue weighted by Gasteiger charge is 2.39. The highest BCUT2D eigenvalue weighted by Crippen LogP contribution is 2.22. The van der Waals surface area contributed by atoms with Gasteiger partial charge in [-0.3, -0.25) is 9.48 Å². The van der Waals surface area contributed by atoms with Crippen molar-refractivity contribution in [1.82, 2.24) is 15.1 Å². The van der Waals surface area contributed by atoms with Crippen LogP contribution in [0, 0.1) is 0 Å². The summed E-state index contributed by atoms with van der Waals surface area (Å²) in [6.07, 6.45) is -3.28. The summed E-state index contributed by atoms with van der Waals surface area (Å²) in [7, 11) is 1.49. The van der Waals surface area contributed by atoms with Gasteiger partial charge >= 0.3 is 6.18 Å². The number of hydrogen-bond donors (Lipinski definition) is 1. The van der Waals surface area contributed by atoms with E-state index in [9.17, 15) is 18.0 Å². The highest BCUT2D eigenvalue weighted by molar-refractivity contribution is 5.92. The first-order valence-corrected chi connectivity index (χ1v) is 4.71. The van der Waals surface area contributed by atoms with E-state index in [2.05, 4.69) is 5.10 Å². The summed E-state index contributed by atoms with van der Waals surface area (Å²) in [6.45, 7) is 1.36. The average molecular weight is 235 g/mol. The Bertz CT molecular complexity index is 372. The number of halogens is 3. The predicted molar refractivity (Wildman–Crippen MR) is 50.8 cm³/mol. The van der Waals surface area contributed by atoms with Gasteiger partial charge in [0.15, 0.2) is 0 Å². The van der Waals surface area contributed by atoms with E-state index >= 15 is 0 Å². The lowest BCUT2D eigenvalue weighted by atomic mass is 10.2. The molecular formula is C9H12F3N3O. The van der Waals surface area contributed by atoms with Gasteiger partial charge in [-0.2, -0.15) is 18.3 Å². The molecule has 1 amide bonds. The Kier molecular flexibility index (Phi) is 3.56. The van der Waals surface area contributed by atoms with E-state index in [1.54, 1.807) is 0 Å². The maximum Gasteiger partial charge on any atom is 0.408 e. The van der Waals surface area contributed by atoms with E-state index in [4.69, 9.17) is 0 Å². The fourth-order valence-corrected chi connectivity index (χ4v) is 1.24. The molecule has 1 aromatic heterocycles. The van der Waals surface area contributed by atoms with E-state index in [0.29, 0.717) is 0 Å². The quantitative estimate of drug-likeness (QED) is 0.862. The van der Waals surface area contributed by atoms with E-state index < -0.39 is 18.1 Å². The van der Waals surface area contributed by atoms with Gasteiger partial charge in [-0.25, -0.2) is 0 Å². The Labute approximate surface area is 90.4 Å². The van der Waals surface area contributed by atoms with E-state index in [-0.39, 0.29) is 12.1 Å². The Morgan fingerprint density at radius 2 is 2.25 bits per heavy atom. The summed E-state index contributed by atoms with van der Waals surface area (Å²) in [5.41, 5.74) is 0.0997. The fraction of sp³-hybridized carbons (Fsp3) is 0.556. The molecule has 16 heavy (non-hydrogen) atoms. The molecule has 0 bridgehead atoms. The summed E-state index contributed by atoms with van der Waals surface area (Å²) in [6, 6.07) is -0.465. The van der Waals surface area contributed by atoms with Crippen LogP contribution in [-0.2, 0) is 7.05 Å². The summed E-state index contributed by atoms with van der Waals surface area (Å²) in [4.78, 5) is 11.5. The third-order valence-electron chi connectivity index (χ3n) is 2.16. The number of alkyl halides is 3. The van der Waals surface area contributed by atoms with Crippen molar-refractivity contribution in [2.75, 3.05) is 0 Å². The van der Waals surface area contributed by atoms with E-state index in [1.807, 2.05) is 5.32 Å². The smallest absolute Gasteiger partial charge is 0.339 e. The second-order valence-corrected chi connectivity index (χ2v) is 3.32. The van der Waals surface area contributed by atoms with Crippen molar-refractivity contribution in [1.29, 1.82) is 0 Å². The minimum atomic E-state index is -4.43. The minimum absolute atomic E-state index is 0.0997. The van der Waals surface area contributed by atoms with Crippen LogP contribution >= 0.6 is 0 Å². The second-order valence-electron chi connectivity index (χ2n) is 3.32. The number of aryl methyl sites for hydroxylation is 1. The molecule has 1 aromatic rings. The van der Waals surface area contributed by atoms with Crippen LogP contribution in [0.4, 0.5) is 13.2 Å². The van der Waals surface area contributed by atoms with E-state index in [0.717, 1.165) is 0 Å². The van der Waals surface area contributed by atoms with Crippen molar-refractivity contribution in [3.63, 3.8) is 0 Å².